The van der Waals surface area contributed by atoms with Crippen LogP contribution in [0.25, 0.3) is 0 Å². The number of rotatable bonds is 6. The number of hydrogen-bond donors (Lipinski definition) is 3. The third-order valence-electron chi connectivity index (χ3n) is 2.22. The van der Waals surface area contributed by atoms with Crippen molar-refractivity contribution >= 4 is 27.7 Å². The summed E-state index contributed by atoms with van der Waals surface area (Å²) >= 11 is 1.39. The van der Waals surface area contributed by atoms with Crippen molar-refractivity contribution in [3.63, 3.8) is 0 Å². The van der Waals surface area contributed by atoms with Crippen molar-refractivity contribution in [2.24, 2.45) is 5.14 Å². The fraction of sp³-hybridized carbons (Fsp3) is 0.200. The van der Waals surface area contributed by atoms with Gasteiger partial charge in [-0.05, 0) is 24.3 Å². The van der Waals surface area contributed by atoms with E-state index >= 15 is 0 Å². The first-order valence-electron chi connectivity index (χ1n) is 5.51. The zero-order valence-corrected chi connectivity index (χ0v) is 11.9. The molecule has 0 bridgehead atoms. The van der Waals surface area contributed by atoms with Gasteiger partial charge in [-0.25, -0.2) is 18.7 Å². The van der Waals surface area contributed by atoms with Crippen LogP contribution in [0, 0.1) is 0 Å². The Balaban J connectivity index is 1.80. The number of nitrogen functional groups attached to an aromatic ring is 1. The van der Waals surface area contributed by atoms with Gasteiger partial charge >= 0.3 is 0 Å². The van der Waals surface area contributed by atoms with Crippen LogP contribution in [0.3, 0.4) is 0 Å². The maximum Gasteiger partial charge on any atom is 0.238 e. The Morgan fingerprint density at radius 3 is 2.55 bits per heavy atom. The number of thioether (sulfide) groups is 1. The lowest BCUT2D eigenvalue weighted by molar-refractivity contribution is 0.343. The predicted octanol–water partition coefficient (Wildman–Crippen LogP) is 0.205. The van der Waals surface area contributed by atoms with Gasteiger partial charge in [-0.15, -0.1) is 5.10 Å². The largest absolute Gasteiger partial charge is 0.493 e. The molecular weight excluding hydrogens is 302 g/mol. The molecule has 20 heavy (non-hydrogen) atoms. The third kappa shape index (κ3) is 4.11. The molecule has 0 spiro atoms. The molecule has 0 radical (unpaired) electrons. The number of nitrogens with two attached hydrogens (primary N) is 2. The number of primary sulfonamides is 1. The van der Waals surface area contributed by atoms with E-state index in [0.29, 0.717) is 23.3 Å². The number of aromatic amines is 1. The van der Waals surface area contributed by atoms with E-state index in [4.69, 9.17) is 15.6 Å². The molecule has 0 amide bonds. The number of anilines is 1. The van der Waals surface area contributed by atoms with E-state index in [9.17, 15) is 8.42 Å². The van der Waals surface area contributed by atoms with Crippen molar-refractivity contribution in [1.29, 1.82) is 0 Å². The second-order valence-corrected chi connectivity index (χ2v) is 6.34. The second kappa shape index (κ2) is 6.11. The van der Waals surface area contributed by atoms with Crippen molar-refractivity contribution in [2.45, 2.75) is 10.1 Å². The second-order valence-electron chi connectivity index (χ2n) is 3.72. The monoisotopic (exact) mass is 315 g/mol. The molecule has 2 aromatic rings. The summed E-state index contributed by atoms with van der Waals surface area (Å²) < 4.78 is 27.6. The molecule has 8 nitrogen and oxygen atoms in total. The van der Waals surface area contributed by atoms with Crippen LogP contribution in [0.4, 0.5) is 5.95 Å². The first-order chi connectivity index (χ1) is 9.45. The number of benzene rings is 1. The number of hydrogen-bond acceptors (Lipinski definition) is 7. The van der Waals surface area contributed by atoms with Gasteiger partial charge in [0.15, 0.2) is 0 Å². The van der Waals surface area contributed by atoms with Gasteiger partial charge in [0, 0.05) is 5.75 Å². The molecule has 10 heteroatoms. The van der Waals surface area contributed by atoms with Crippen molar-refractivity contribution in [1.82, 2.24) is 15.2 Å². The zero-order chi connectivity index (χ0) is 14.6. The predicted molar refractivity (Wildman–Crippen MR) is 74.8 cm³/mol. The van der Waals surface area contributed by atoms with E-state index in [1.165, 1.54) is 23.9 Å². The Morgan fingerprint density at radius 1 is 1.30 bits per heavy atom. The van der Waals surface area contributed by atoms with Gasteiger partial charge in [0.1, 0.15) is 5.75 Å². The normalized spacial score (nSPS) is 11.4. The third-order valence-corrected chi connectivity index (χ3v) is 3.96. The van der Waals surface area contributed by atoms with Gasteiger partial charge in [0.05, 0.1) is 11.5 Å². The number of nitrogens with zero attached hydrogens (tertiary/aromatic N) is 2. The maximum absolute atomic E-state index is 11.1. The van der Waals surface area contributed by atoms with Crippen LogP contribution < -0.4 is 15.6 Å². The van der Waals surface area contributed by atoms with E-state index in [-0.39, 0.29) is 10.8 Å². The number of H-pyrrole nitrogens is 1. The van der Waals surface area contributed by atoms with Gasteiger partial charge in [-0.2, -0.15) is 4.98 Å². The van der Waals surface area contributed by atoms with Crippen molar-refractivity contribution < 1.29 is 13.2 Å². The Bertz CT molecular complexity index is 668. The summed E-state index contributed by atoms with van der Waals surface area (Å²) in [4.78, 5) is 3.98. The quantitative estimate of drug-likeness (QED) is 0.511. The van der Waals surface area contributed by atoms with Crippen LogP contribution in [0.2, 0.25) is 0 Å². The van der Waals surface area contributed by atoms with Crippen LogP contribution in [-0.2, 0) is 10.0 Å². The molecular formula is C10H13N5O3S2. The van der Waals surface area contributed by atoms with Gasteiger partial charge in [-0.3, -0.25) is 0 Å². The first-order valence-corrected chi connectivity index (χ1v) is 8.05. The molecule has 2 rings (SSSR count). The number of sulfonamides is 1. The van der Waals surface area contributed by atoms with Crippen molar-refractivity contribution in [3.8, 4) is 5.75 Å². The Hall–Kier alpha value is -1.78. The minimum absolute atomic E-state index is 0.0513. The van der Waals surface area contributed by atoms with Crippen LogP contribution in [0.15, 0.2) is 34.3 Å². The molecule has 0 atom stereocenters. The van der Waals surface area contributed by atoms with Crippen LogP contribution in [0.5, 0.6) is 5.75 Å². The lowest BCUT2D eigenvalue weighted by Gasteiger charge is -2.05. The summed E-state index contributed by atoms with van der Waals surface area (Å²) in [7, 11) is -3.67. The Kier molecular flexibility index (Phi) is 4.47. The number of nitrogens with one attached hydrogen (secondary N) is 1. The molecule has 0 aliphatic carbocycles. The molecule has 0 saturated heterocycles. The summed E-state index contributed by atoms with van der Waals surface area (Å²) in [5.74, 6) is 1.47. The fourth-order valence-corrected chi connectivity index (χ4v) is 2.48. The summed E-state index contributed by atoms with van der Waals surface area (Å²) in [6.07, 6.45) is 0. The molecule has 0 aliphatic rings. The highest BCUT2D eigenvalue weighted by Gasteiger charge is 2.07. The fourth-order valence-electron chi connectivity index (χ4n) is 1.34. The van der Waals surface area contributed by atoms with Crippen molar-refractivity contribution in [2.75, 3.05) is 18.1 Å². The highest BCUT2D eigenvalue weighted by Crippen LogP contribution is 2.16. The van der Waals surface area contributed by atoms with E-state index in [0.717, 1.165) is 0 Å². The molecule has 0 unspecified atom stereocenters. The molecule has 1 aromatic heterocycles. The van der Waals surface area contributed by atoms with E-state index in [2.05, 4.69) is 15.2 Å². The zero-order valence-electron chi connectivity index (χ0n) is 10.3. The van der Waals surface area contributed by atoms with Crippen LogP contribution in [0.1, 0.15) is 0 Å². The number of aromatic nitrogens is 3. The highest BCUT2D eigenvalue weighted by atomic mass is 32.2. The van der Waals surface area contributed by atoms with Gasteiger partial charge < -0.3 is 10.5 Å². The SMILES string of the molecule is Nc1nc(SCCOc2ccc(S(N)(=O)=O)cc2)n[nH]1. The van der Waals surface area contributed by atoms with Crippen molar-refractivity contribution in [3.05, 3.63) is 24.3 Å². The van der Waals surface area contributed by atoms with Gasteiger partial charge in [0.2, 0.25) is 21.1 Å². The van der Waals surface area contributed by atoms with Gasteiger partial charge in [0.25, 0.3) is 0 Å². The standard InChI is InChI=1S/C10H13N5O3S2/c11-9-13-10(15-14-9)19-6-5-18-7-1-3-8(4-2-7)20(12,16)17/h1-4H,5-6H2,(H2,12,16,17)(H3,11,13,14,15). The summed E-state index contributed by atoms with van der Waals surface area (Å²) in [6, 6.07) is 5.89. The molecule has 0 saturated carbocycles. The van der Waals surface area contributed by atoms with Crippen LogP contribution in [-0.4, -0.2) is 36.0 Å². The summed E-state index contributed by atoms with van der Waals surface area (Å²) in [5.41, 5.74) is 5.39. The minimum atomic E-state index is -3.67. The lowest BCUT2D eigenvalue weighted by atomic mass is 10.3. The molecule has 108 valence electrons. The minimum Gasteiger partial charge on any atom is -0.493 e. The average molecular weight is 315 g/mol. The highest BCUT2D eigenvalue weighted by molar-refractivity contribution is 7.99. The Morgan fingerprint density at radius 2 is 2.00 bits per heavy atom. The number of ether oxygens (including phenoxy) is 1. The summed E-state index contributed by atoms with van der Waals surface area (Å²) in [6.45, 7) is 0.424. The van der Waals surface area contributed by atoms with Gasteiger partial charge in [-0.1, -0.05) is 11.8 Å². The first kappa shape index (κ1) is 14.6. The van der Waals surface area contributed by atoms with E-state index in [1.807, 2.05) is 0 Å². The van der Waals surface area contributed by atoms with Crippen LogP contribution >= 0.6 is 11.8 Å². The molecule has 0 aliphatic heterocycles. The smallest absolute Gasteiger partial charge is 0.238 e. The van der Waals surface area contributed by atoms with E-state index < -0.39 is 10.0 Å². The molecule has 5 N–H and O–H groups in total. The maximum atomic E-state index is 11.1. The summed E-state index contributed by atoms with van der Waals surface area (Å²) in [5, 5.41) is 11.9. The lowest BCUT2D eigenvalue weighted by Crippen LogP contribution is -2.11. The molecule has 1 heterocycles. The molecule has 0 fully saturated rings. The van der Waals surface area contributed by atoms with E-state index in [1.54, 1.807) is 12.1 Å². The Labute approximate surface area is 120 Å². The molecule has 1 aromatic carbocycles. The topological polar surface area (TPSA) is 137 Å². The average Bonchev–Trinajstić information content (AvgIpc) is 2.80.